The van der Waals surface area contributed by atoms with Crippen molar-refractivity contribution in [1.29, 1.82) is 0 Å². The molecule has 1 aliphatic carbocycles. The molecule has 0 N–H and O–H groups in total. The topological polar surface area (TPSA) is 104 Å². The number of benzene rings is 1. The molecule has 28 heavy (non-hydrogen) atoms. The number of fused-ring (bicyclic) bond motifs is 2. The van der Waals surface area contributed by atoms with Crippen molar-refractivity contribution in [3.05, 3.63) is 88.6 Å². The first-order chi connectivity index (χ1) is 13.5. The van der Waals surface area contributed by atoms with Gasteiger partial charge < -0.3 is 9.15 Å². The quantitative estimate of drug-likeness (QED) is 0.300. The zero-order valence-electron chi connectivity index (χ0n) is 14.5. The highest BCUT2D eigenvalue weighted by atomic mass is 16.5. The molecule has 0 atom stereocenters. The van der Waals surface area contributed by atoms with Gasteiger partial charge in [0.1, 0.15) is 13.0 Å². The summed E-state index contributed by atoms with van der Waals surface area (Å²) in [5.74, 6) is -2.72. The average molecular weight is 375 g/mol. The Bertz CT molecular complexity index is 1060. The number of aromatic nitrogens is 1. The standard InChI is InChI=1S/C21H13NO6/c23-16(10-18(24)27-11-12-5-3-4-8-22-12)17-9-15-19(25)13-6-1-2-7-14(13)20(26)21(15)28-17/h1-9H,10-11H2. The van der Waals surface area contributed by atoms with E-state index in [4.69, 9.17) is 9.15 Å². The van der Waals surface area contributed by atoms with Gasteiger partial charge in [-0.2, -0.15) is 0 Å². The Morgan fingerprint density at radius 1 is 0.929 bits per heavy atom. The lowest BCUT2D eigenvalue weighted by molar-refractivity contribution is -0.143. The number of carbonyl (C=O) groups is 4. The first-order valence-electron chi connectivity index (χ1n) is 8.45. The van der Waals surface area contributed by atoms with Crippen LogP contribution in [0.1, 0.15) is 54.7 Å². The molecule has 3 aromatic rings. The van der Waals surface area contributed by atoms with Crippen molar-refractivity contribution >= 4 is 23.3 Å². The maximum atomic E-state index is 12.5. The van der Waals surface area contributed by atoms with E-state index in [9.17, 15) is 19.2 Å². The Kier molecular flexibility index (Phi) is 4.41. The molecule has 0 aliphatic heterocycles. The largest absolute Gasteiger partial charge is 0.459 e. The fourth-order valence-corrected chi connectivity index (χ4v) is 2.92. The molecule has 2 heterocycles. The van der Waals surface area contributed by atoms with Gasteiger partial charge in [-0.25, -0.2) is 0 Å². The first-order valence-corrected chi connectivity index (χ1v) is 8.45. The summed E-state index contributed by atoms with van der Waals surface area (Å²) in [5.41, 5.74) is 1.05. The maximum Gasteiger partial charge on any atom is 0.314 e. The molecule has 0 unspecified atom stereocenters. The Morgan fingerprint density at radius 2 is 1.64 bits per heavy atom. The number of rotatable bonds is 5. The molecule has 0 spiro atoms. The van der Waals surface area contributed by atoms with Gasteiger partial charge in [-0.05, 0) is 18.2 Å². The van der Waals surface area contributed by atoms with Crippen LogP contribution in [-0.2, 0) is 16.1 Å². The zero-order chi connectivity index (χ0) is 19.7. The fourth-order valence-electron chi connectivity index (χ4n) is 2.92. The first kappa shape index (κ1) is 17.5. The molecule has 7 nitrogen and oxygen atoms in total. The highest BCUT2D eigenvalue weighted by Crippen LogP contribution is 2.30. The van der Waals surface area contributed by atoms with Crippen molar-refractivity contribution < 1.29 is 28.3 Å². The van der Waals surface area contributed by atoms with E-state index in [1.165, 1.54) is 12.1 Å². The number of nitrogens with zero attached hydrogens (tertiary/aromatic N) is 1. The normalized spacial score (nSPS) is 12.3. The molecule has 0 radical (unpaired) electrons. The summed E-state index contributed by atoms with van der Waals surface area (Å²) in [6.07, 6.45) is 0.988. The number of furan rings is 1. The van der Waals surface area contributed by atoms with Gasteiger partial charge in [0.2, 0.25) is 11.6 Å². The van der Waals surface area contributed by atoms with Crippen LogP contribution in [0.2, 0.25) is 0 Å². The van der Waals surface area contributed by atoms with E-state index in [-0.39, 0.29) is 34.8 Å². The average Bonchev–Trinajstić information content (AvgIpc) is 3.17. The third-order valence-corrected chi connectivity index (χ3v) is 4.29. The predicted molar refractivity (Wildman–Crippen MR) is 95.0 cm³/mol. The second-order valence-electron chi connectivity index (χ2n) is 6.14. The molecule has 138 valence electrons. The number of carbonyl (C=O) groups excluding carboxylic acids is 4. The molecule has 0 saturated heterocycles. The minimum Gasteiger partial charge on any atom is -0.459 e. The minimum atomic E-state index is -0.758. The Labute approximate surface area is 159 Å². The number of ketones is 3. The molecular formula is C21H13NO6. The van der Waals surface area contributed by atoms with Gasteiger partial charge in [0.15, 0.2) is 17.3 Å². The summed E-state index contributed by atoms with van der Waals surface area (Å²) in [5, 5.41) is 0. The van der Waals surface area contributed by atoms with Crippen LogP contribution in [-0.4, -0.2) is 28.3 Å². The SMILES string of the molecule is O=C(CC(=O)c1cc2c(o1)C(=O)c1ccccc1C2=O)OCc1ccccn1. The summed E-state index contributed by atoms with van der Waals surface area (Å²) >= 11 is 0. The molecule has 7 heteroatoms. The Hall–Kier alpha value is -3.87. The molecule has 0 fully saturated rings. The van der Waals surface area contributed by atoms with Crippen molar-refractivity contribution in [3.63, 3.8) is 0 Å². The lowest BCUT2D eigenvalue weighted by Crippen LogP contribution is -2.18. The molecule has 4 rings (SSSR count). The third kappa shape index (κ3) is 3.14. The molecule has 0 saturated carbocycles. The monoisotopic (exact) mass is 375 g/mol. The zero-order valence-corrected chi connectivity index (χ0v) is 14.5. The van der Waals surface area contributed by atoms with Gasteiger partial charge in [-0.1, -0.05) is 30.3 Å². The number of hydrogen-bond acceptors (Lipinski definition) is 7. The van der Waals surface area contributed by atoms with E-state index in [0.29, 0.717) is 5.69 Å². The van der Waals surface area contributed by atoms with Crippen LogP contribution < -0.4 is 0 Å². The lowest BCUT2D eigenvalue weighted by atomic mass is 9.88. The third-order valence-electron chi connectivity index (χ3n) is 4.29. The van der Waals surface area contributed by atoms with Crippen LogP contribution in [0, 0.1) is 0 Å². The number of pyridine rings is 1. The number of Topliss-reactive ketones (excluding diaryl/α,β-unsaturated/α-hetero) is 1. The van der Waals surface area contributed by atoms with Gasteiger partial charge in [0, 0.05) is 17.3 Å². The molecule has 0 bridgehead atoms. The number of ether oxygens (including phenoxy) is 1. The minimum absolute atomic E-state index is 0.0221. The van der Waals surface area contributed by atoms with Crippen molar-refractivity contribution in [2.45, 2.75) is 13.0 Å². The highest BCUT2D eigenvalue weighted by Gasteiger charge is 2.34. The molecule has 1 aromatic carbocycles. The van der Waals surface area contributed by atoms with Crippen molar-refractivity contribution in [2.24, 2.45) is 0 Å². The van der Waals surface area contributed by atoms with Crippen molar-refractivity contribution in [2.75, 3.05) is 0 Å². The summed E-state index contributed by atoms with van der Waals surface area (Å²) in [6.45, 7) is -0.0616. The summed E-state index contributed by atoms with van der Waals surface area (Å²) in [7, 11) is 0. The molecule has 0 amide bonds. The van der Waals surface area contributed by atoms with Gasteiger partial charge in [-0.3, -0.25) is 24.2 Å². The van der Waals surface area contributed by atoms with Crippen LogP contribution in [0.3, 0.4) is 0 Å². The lowest BCUT2D eigenvalue weighted by Gasteiger charge is -2.11. The van der Waals surface area contributed by atoms with Crippen molar-refractivity contribution in [3.8, 4) is 0 Å². The van der Waals surface area contributed by atoms with Crippen LogP contribution >= 0.6 is 0 Å². The number of hydrogen-bond donors (Lipinski definition) is 0. The van der Waals surface area contributed by atoms with E-state index in [1.807, 2.05) is 0 Å². The van der Waals surface area contributed by atoms with Crippen LogP contribution in [0.4, 0.5) is 0 Å². The number of esters is 1. The van der Waals surface area contributed by atoms with Gasteiger partial charge in [0.25, 0.3) is 0 Å². The van der Waals surface area contributed by atoms with Crippen LogP contribution in [0.15, 0.2) is 59.1 Å². The van der Waals surface area contributed by atoms with E-state index >= 15 is 0 Å². The van der Waals surface area contributed by atoms with E-state index in [2.05, 4.69) is 4.98 Å². The van der Waals surface area contributed by atoms with E-state index < -0.39 is 29.7 Å². The second-order valence-corrected chi connectivity index (χ2v) is 6.14. The highest BCUT2D eigenvalue weighted by molar-refractivity contribution is 6.28. The van der Waals surface area contributed by atoms with Crippen LogP contribution in [0.5, 0.6) is 0 Å². The Balaban J connectivity index is 1.48. The smallest absolute Gasteiger partial charge is 0.314 e. The van der Waals surface area contributed by atoms with Gasteiger partial charge in [-0.15, -0.1) is 0 Å². The summed E-state index contributed by atoms with van der Waals surface area (Å²) in [6, 6.07) is 12.7. The van der Waals surface area contributed by atoms with Gasteiger partial charge in [0.05, 0.1) is 11.3 Å². The van der Waals surface area contributed by atoms with E-state index in [1.54, 1.807) is 42.6 Å². The van der Waals surface area contributed by atoms with Gasteiger partial charge >= 0.3 is 5.97 Å². The summed E-state index contributed by atoms with van der Waals surface area (Å²) in [4.78, 5) is 53.3. The van der Waals surface area contributed by atoms with E-state index in [0.717, 1.165) is 0 Å². The molecule has 1 aliphatic rings. The van der Waals surface area contributed by atoms with Crippen LogP contribution in [0.25, 0.3) is 0 Å². The maximum absolute atomic E-state index is 12.5. The predicted octanol–water partition coefficient (Wildman–Crippen LogP) is 2.77. The fraction of sp³-hybridized carbons (Fsp3) is 0.0952. The van der Waals surface area contributed by atoms with Crippen molar-refractivity contribution in [1.82, 2.24) is 4.98 Å². The molecule has 2 aromatic heterocycles. The molecular weight excluding hydrogens is 362 g/mol. The second kappa shape index (κ2) is 7.03. The summed E-state index contributed by atoms with van der Waals surface area (Å²) < 4.78 is 10.3. The Morgan fingerprint density at radius 3 is 2.36 bits per heavy atom.